The topological polar surface area (TPSA) is 99.2 Å². The summed E-state index contributed by atoms with van der Waals surface area (Å²) in [5.74, 6) is -0.155. The molecule has 6 nitrogen and oxygen atoms in total. The maximum Gasteiger partial charge on any atom is 0.255 e. The molecule has 0 heterocycles. The summed E-state index contributed by atoms with van der Waals surface area (Å²) < 4.78 is 0. The van der Waals surface area contributed by atoms with Crippen LogP contribution in [-0.2, 0) is 24.4 Å². The molecule has 0 aliphatic rings. The number of nitriles is 1. The first kappa shape index (κ1) is 25.7. The van der Waals surface area contributed by atoms with E-state index in [1.165, 1.54) is 0 Å². The fourth-order valence-electron chi connectivity index (χ4n) is 3.69. The zero-order valence-corrected chi connectivity index (χ0v) is 20.5. The molecule has 0 bridgehead atoms. The van der Waals surface area contributed by atoms with Crippen molar-refractivity contribution in [3.63, 3.8) is 0 Å². The quantitative estimate of drug-likeness (QED) is 0.472. The standard InChI is InChI=1S/C29H32N4O2/c1-29(2,3)16-27(34)33(20-24-6-4-5-23(15-24)18-31)19-22-9-13-26(14-10-22)32-28(35)25-11-7-21(17-30)8-12-25/h4-15H,16,18-20,31H2,1-3H3,(H,32,35). The third kappa shape index (κ3) is 7.80. The maximum absolute atomic E-state index is 13.2. The van der Waals surface area contributed by atoms with Crippen LogP contribution in [0.3, 0.4) is 0 Å². The molecule has 2 amide bonds. The van der Waals surface area contributed by atoms with E-state index in [2.05, 4.69) is 26.1 Å². The van der Waals surface area contributed by atoms with Gasteiger partial charge in [-0.15, -0.1) is 0 Å². The normalized spacial score (nSPS) is 10.9. The molecule has 35 heavy (non-hydrogen) atoms. The van der Waals surface area contributed by atoms with E-state index in [9.17, 15) is 9.59 Å². The van der Waals surface area contributed by atoms with Gasteiger partial charge in [-0.2, -0.15) is 5.26 Å². The van der Waals surface area contributed by atoms with Gasteiger partial charge in [0.1, 0.15) is 0 Å². The van der Waals surface area contributed by atoms with E-state index in [-0.39, 0.29) is 17.2 Å². The first-order chi connectivity index (χ1) is 16.7. The highest BCUT2D eigenvalue weighted by Gasteiger charge is 2.22. The van der Waals surface area contributed by atoms with Gasteiger partial charge in [-0.3, -0.25) is 9.59 Å². The van der Waals surface area contributed by atoms with Gasteiger partial charge < -0.3 is 16.0 Å². The van der Waals surface area contributed by atoms with Gasteiger partial charge in [-0.1, -0.05) is 57.2 Å². The molecule has 0 aliphatic carbocycles. The number of amides is 2. The van der Waals surface area contributed by atoms with E-state index in [0.29, 0.717) is 42.9 Å². The average Bonchev–Trinajstić information content (AvgIpc) is 2.84. The molecule has 3 aromatic carbocycles. The van der Waals surface area contributed by atoms with Crippen molar-refractivity contribution >= 4 is 17.5 Å². The minimum absolute atomic E-state index is 0.0915. The molecular weight excluding hydrogens is 436 g/mol. The second-order valence-corrected chi connectivity index (χ2v) is 9.85. The molecule has 180 valence electrons. The van der Waals surface area contributed by atoms with Crippen LogP contribution in [0.15, 0.2) is 72.8 Å². The molecule has 3 aromatic rings. The minimum atomic E-state index is -0.246. The fraction of sp³-hybridized carbons (Fsp3) is 0.276. The van der Waals surface area contributed by atoms with Crippen molar-refractivity contribution in [3.05, 3.63) is 101 Å². The van der Waals surface area contributed by atoms with E-state index in [0.717, 1.165) is 16.7 Å². The van der Waals surface area contributed by atoms with Gasteiger partial charge in [0.2, 0.25) is 5.91 Å². The lowest BCUT2D eigenvalue weighted by Gasteiger charge is -2.27. The lowest BCUT2D eigenvalue weighted by atomic mass is 9.91. The smallest absolute Gasteiger partial charge is 0.255 e. The van der Waals surface area contributed by atoms with Gasteiger partial charge in [0.25, 0.3) is 5.91 Å². The number of rotatable bonds is 8. The molecule has 0 unspecified atom stereocenters. The highest BCUT2D eigenvalue weighted by atomic mass is 16.2. The Morgan fingerprint density at radius 2 is 1.54 bits per heavy atom. The molecule has 0 aliphatic heterocycles. The molecule has 3 rings (SSSR count). The molecule has 0 saturated carbocycles. The van der Waals surface area contributed by atoms with E-state index in [4.69, 9.17) is 11.0 Å². The zero-order chi connectivity index (χ0) is 25.4. The lowest BCUT2D eigenvalue weighted by Crippen LogP contribution is -2.32. The molecule has 6 heteroatoms. The summed E-state index contributed by atoms with van der Waals surface area (Å²) in [6, 6.07) is 24.0. The third-order valence-electron chi connectivity index (χ3n) is 5.50. The van der Waals surface area contributed by atoms with Crippen LogP contribution >= 0.6 is 0 Å². The Morgan fingerprint density at radius 1 is 0.914 bits per heavy atom. The number of hydrogen-bond donors (Lipinski definition) is 2. The Bertz CT molecular complexity index is 1200. The van der Waals surface area contributed by atoms with Gasteiger partial charge in [0.15, 0.2) is 0 Å². The number of nitrogens with zero attached hydrogens (tertiary/aromatic N) is 2. The number of anilines is 1. The predicted molar refractivity (Wildman–Crippen MR) is 138 cm³/mol. The van der Waals surface area contributed by atoms with Crippen molar-refractivity contribution in [2.45, 2.75) is 46.8 Å². The summed E-state index contributed by atoms with van der Waals surface area (Å²) in [6.45, 7) is 7.60. The number of carbonyl (C=O) groups excluding carboxylic acids is 2. The first-order valence-corrected chi connectivity index (χ1v) is 11.6. The summed E-state index contributed by atoms with van der Waals surface area (Å²) >= 11 is 0. The largest absolute Gasteiger partial charge is 0.334 e. The van der Waals surface area contributed by atoms with Crippen LogP contribution in [0.5, 0.6) is 0 Å². The van der Waals surface area contributed by atoms with Crippen molar-refractivity contribution in [2.24, 2.45) is 11.1 Å². The zero-order valence-electron chi connectivity index (χ0n) is 20.5. The van der Waals surface area contributed by atoms with Crippen molar-refractivity contribution in [1.82, 2.24) is 4.90 Å². The van der Waals surface area contributed by atoms with Crippen molar-refractivity contribution in [2.75, 3.05) is 5.32 Å². The van der Waals surface area contributed by atoms with Crippen LogP contribution in [0.4, 0.5) is 5.69 Å². The lowest BCUT2D eigenvalue weighted by molar-refractivity contribution is -0.134. The van der Waals surface area contributed by atoms with Crippen LogP contribution in [-0.4, -0.2) is 16.7 Å². The monoisotopic (exact) mass is 468 g/mol. The van der Waals surface area contributed by atoms with Crippen molar-refractivity contribution in [3.8, 4) is 6.07 Å². The summed E-state index contributed by atoms with van der Waals surface area (Å²) in [6.07, 6.45) is 0.447. The van der Waals surface area contributed by atoms with Gasteiger partial charge >= 0.3 is 0 Å². The molecule has 0 aromatic heterocycles. The van der Waals surface area contributed by atoms with Crippen LogP contribution in [0.2, 0.25) is 0 Å². The molecule has 0 radical (unpaired) electrons. The Morgan fingerprint density at radius 3 is 2.14 bits per heavy atom. The predicted octanol–water partition coefficient (Wildman–Crippen LogP) is 5.23. The van der Waals surface area contributed by atoms with Gasteiger partial charge in [0, 0.05) is 37.3 Å². The Kier molecular flexibility index (Phi) is 8.40. The van der Waals surface area contributed by atoms with Crippen LogP contribution < -0.4 is 11.1 Å². The van der Waals surface area contributed by atoms with Crippen LogP contribution in [0.1, 0.15) is 59.8 Å². The molecular formula is C29H32N4O2. The number of hydrogen-bond acceptors (Lipinski definition) is 4. The second-order valence-electron chi connectivity index (χ2n) is 9.85. The molecule has 3 N–H and O–H groups in total. The Hall–Kier alpha value is -3.95. The van der Waals surface area contributed by atoms with Gasteiger partial charge in [0.05, 0.1) is 11.6 Å². The van der Waals surface area contributed by atoms with Crippen molar-refractivity contribution in [1.29, 1.82) is 5.26 Å². The van der Waals surface area contributed by atoms with Gasteiger partial charge in [-0.25, -0.2) is 0 Å². The summed E-state index contributed by atoms with van der Waals surface area (Å²) in [5, 5.41) is 11.8. The highest BCUT2D eigenvalue weighted by molar-refractivity contribution is 6.04. The molecule has 0 saturated heterocycles. The average molecular weight is 469 g/mol. The number of carbonyl (C=O) groups is 2. The van der Waals surface area contributed by atoms with E-state index in [1.807, 2.05) is 59.5 Å². The maximum atomic E-state index is 13.2. The fourth-order valence-corrected chi connectivity index (χ4v) is 3.69. The summed E-state index contributed by atoms with van der Waals surface area (Å²) in [5.41, 5.74) is 10.4. The Balaban J connectivity index is 1.72. The second kappa shape index (κ2) is 11.5. The summed E-state index contributed by atoms with van der Waals surface area (Å²) in [4.78, 5) is 27.5. The van der Waals surface area contributed by atoms with Crippen LogP contribution in [0, 0.1) is 16.7 Å². The molecule has 0 fully saturated rings. The minimum Gasteiger partial charge on any atom is -0.334 e. The Labute approximate surface area is 207 Å². The first-order valence-electron chi connectivity index (χ1n) is 11.6. The molecule has 0 atom stereocenters. The molecule has 0 spiro atoms. The highest BCUT2D eigenvalue weighted by Crippen LogP contribution is 2.23. The third-order valence-corrected chi connectivity index (χ3v) is 5.50. The number of nitrogens with one attached hydrogen (secondary N) is 1. The van der Waals surface area contributed by atoms with E-state index < -0.39 is 0 Å². The van der Waals surface area contributed by atoms with Gasteiger partial charge in [-0.05, 0) is 58.5 Å². The van der Waals surface area contributed by atoms with Crippen LogP contribution in [0.25, 0.3) is 0 Å². The van der Waals surface area contributed by atoms with E-state index >= 15 is 0 Å². The summed E-state index contributed by atoms with van der Waals surface area (Å²) in [7, 11) is 0. The number of benzene rings is 3. The number of nitrogens with two attached hydrogens (primary N) is 1. The van der Waals surface area contributed by atoms with E-state index in [1.54, 1.807) is 24.3 Å². The van der Waals surface area contributed by atoms with Crippen molar-refractivity contribution < 1.29 is 9.59 Å². The SMILES string of the molecule is CC(C)(C)CC(=O)N(Cc1ccc(NC(=O)c2ccc(C#N)cc2)cc1)Cc1cccc(CN)c1.